The standard InChI is InChI=1S/C20H29N3O4/c1-3-4-23(11-17-21-16(12-27-17)18(24)26-2)19(25)22-20-8-13-5-14(9-20)7-15(6-13)10-20/h12-15H,3-11H2,1-2H3,(H,22,25). The van der Waals surface area contributed by atoms with Crippen molar-refractivity contribution in [3.63, 3.8) is 0 Å². The van der Waals surface area contributed by atoms with E-state index in [0.717, 1.165) is 43.4 Å². The van der Waals surface area contributed by atoms with E-state index < -0.39 is 5.97 Å². The van der Waals surface area contributed by atoms with Gasteiger partial charge in [0.1, 0.15) is 6.26 Å². The lowest BCUT2D eigenvalue weighted by Gasteiger charge is -2.57. The van der Waals surface area contributed by atoms with E-state index in [1.165, 1.54) is 32.6 Å². The summed E-state index contributed by atoms with van der Waals surface area (Å²) >= 11 is 0. The van der Waals surface area contributed by atoms with Gasteiger partial charge in [0.05, 0.1) is 13.7 Å². The van der Waals surface area contributed by atoms with E-state index in [1.54, 1.807) is 4.90 Å². The number of oxazole rings is 1. The fraction of sp³-hybridized carbons (Fsp3) is 0.750. The summed E-state index contributed by atoms with van der Waals surface area (Å²) in [5.74, 6) is 2.16. The summed E-state index contributed by atoms with van der Waals surface area (Å²) in [6.07, 6.45) is 9.53. The van der Waals surface area contributed by atoms with Crippen molar-refractivity contribution < 1.29 is 18.7 Å². The van der Waals surface area contributed by atoms with Crippen LogP contribution in [-0.4, -0.2) is 41.1 Å². The highest BCUT2D eigenvalue weighted by atomic mass is 16.5. The summed E-state index contributed by atoms with van der Waals surface area (Å²) in [6.45, 7) is 2.91. The minimum atomic E-state index is -0.537. The maximum atomic E-state index is 13.1. The summed E-state index contributed by atoms with van der Waals surface area (Å²) in [5.41, 5.74) is 0.108. The van der Waals surface area contributed by atoms with Crippen LogP contribution in [0.25, 0.3) is 0 Å². The maximum absolute atomic E-state index is 13.1. The Bertz CT molecular complexity index is 679. The number of aromatic nitrogens is 1. The topological polar surface area (TPSA) is 84.7 Å². The highest BCUT2D eigenvalue weighted by molar-refractivity contribution is 5.86. The van der Waals surface area contributed by atoms with Crippen molar-refractivity contribution >= 4 is 12.0 Å². The molecule has 7 nitrogen and oxygen atoms in total. The zero-order valence-electron chi connectivity index (χ0n) is 16.2. The predicted molar refractivity (Wildman–Crippen MR) is 98.0 cm³/mol. The predicted octanol–water partition coefficient (Wildman–Crippen LogP) is 3.35. The van der Waals surface area contributed by atoms with Crippen molar-refractivity contribution in [1.29, 1.82) is 0 Å². The molecule has 0 spiro atoms. The molecule has 4 aliphatic carbocycles. The molecule has 0 radical (unpaired) electrons. The number of carbonyl (C=O) groups is 2. The van der Waals surface area contributed by atoms with Gasteiger partial charge in [0, 0.05) is 12.1 Å². The first kappa shape index (κ1) is 18.3. The molecular weight excluding hydrogens is 346 g/mol. The quantitative estimate of drug-likeness (QED) is 0.771. The first-order valence-corrected chi connectivity index (χ1v) is 10.1. The number of hydrogen-bond acceptors (Lipinski definition) is 5. The average molecular weight is 375 g/mol. The third-order valence-electron chi connectivity index (χ3n) is 6.46. The van der Waals surface area contributed by atoms with Crippen LogP contribution in [0.15, 0.2) is 10.7 Å². The van der Waals surface area contributed by atoms with Gasteiger partial charge in [-0.2, -0.15) is 0 Å². The van der Waals surface area contributed by atoms with Gasteiger partial charge in [-0.25, -0.2) is 14.6 Å². The normalized spacial score (nSPS) is 31.0. The Morgan fingerprint density at radius 1 is 1.26 bits per heavy atom. The minimum absolute atomic E-state index is 0.0222. The van der Waals surface area contributed by atoms with E-state index in [0.29, 0.717) is 12.4 Å². The van der Waals surface area contributed by atoms with Crippen molar-refractivity contribution in [3.8, 4) is 0 Å². The molecule has 5 rings (SSSR count). The number of rotatable bonds is 6. The first-order chi connectivity index (χ1) is 13.0. The Hall–Kier alpha value is -2.05. The molecule has 7 heteroatoms. The molecule has 4 fully saturated rings. The first-order valence-electron chi connectivity index (χ1n) is 10.1. The van der Waals surface area contributed by atoms with E-state index in [2.05, 4.69) is 15.0 Å². The number of ether oxygens (including phenoxy) is 1. The fourth-order valence-electron chi connectivity index (χ4n) is 5.84. The molecule has 1 aromatic heterocycles. The van der Waals surface area contributed by atoms with Crippen molar-refractivity contribution in [3.05, 3.63) is 17.8 Å². The van der Waals surface area contributed by atoms with E-state index in [9.17, 15) is 9.59 Å². The maximum Gasteiger partial charge on any atom is 0.360 e. The van der Waals surface area contributed by atoms with Crippen LogP contribution in [0.3, 0.4) is 0 Å². The van der Waals surface area contributed by atoms with Crippen molar-refractivity contribution in [2.24, 2.45) is 17.8 Å². The van der Waals surface area contributed by atoms with Gasteiger partial charge in [0.2, 0.25) is 5.89 Å². The molecule has 0 unspecified atom stereocenters. The van der Waals surface area contributed by atoms with Crippen LogP contribution in [0.1, 0.15) is 68.2 Å². The second-order valence-electron chi connectivity index (χ2n) is 8.67. The van der Waals surface area contributed by atoms with Gasteiger partial charge in [0.25, 0.3) is 0 Å². The van der Waals surface area contributed by atoms with E-state index >= 15 is 0 Å². The van der Waals surface area contributed by atoms with Gasteiger partial charge in [-0.3, -0.25) is 0 Å². The van der Waals surface area contributed by atoms with Gasteiger partial charge in [-0.15, -0.1) is 0 Å². The Morgan fingerprint density at radius 3 is 2.44 bits per heavy atom. The lowest BCUT2D eigenvalue weighted by molar-refractivity contribution is -0.0159. The molecule has 1 aromatic rings. The Morgan fingerprint density at radius 2 is 1.89 bits per heavy atom. The molecule has 0 aromatic carbocycles. The Balaban J connectivity index is 1.43. The lowest BCUT2D eigenvalue weighted by atomic mass is 9.53. The summed E-state index contributed by atoms with van der Waals surface area (Å²) in [7, 11) is 1.30. The van der Waals surface area contributed by atoms with Gasteiger partial charge in [0.15, 0.2) is 5.69 Å². The highest BCUT2D eigenvalue weighted by Gasteiger charge is 2.51. The van der Waals surface area contributed by atoms with Crippen LogP contribution < -0.4 is 5.32 Å². The van der Waals surface area contributed by atoms with Gasteiger partial charge in [-0.05, 0) is 62.7 Å². The fourth-order valence-corrected chi connectivity index (χ4v) is 5.84. The van der Waals surface area contributed by atoms with Crippen molar-refractivity contribution in [2.45, 2.75) is 64.0 Å². The number of nitrogens with zero attached hydrogens (tertiary/aromatic N) is 2. The molecule has 2 amide bonds. The molecule has 4 saturated carbocycles. The van der Waals surface area contributed by atoms with E-state index in [1.807, 2.05) is 6.92 Å². The summed E-state index contributed by atoms with van der Waals surface area (Å²) in [5, 5.41) is 3.40. The van der Waals surface area contributed by atoms with Crippen LogP contribution in [0.4, 0.5) is 4.79 Å². The number of urea groups is 1. The zero-order valence-corrected chi connectivity index (χ0v) is 16.2. The van der Waals surface area contributed by atoms with Gasteiger partial charge < -0.3 is 19.4 Å². The average Bonchev–Trinajstić information content (AvgIpc) is 3.07. The van der Waals surface area contributed by atoms with Crippen molar-refractivity contribution in [1.82, 2.24) is 15.2 Å². The highest BCUT2D eigenvalue weighted by Crippen LogP contribution is 2.55. The second kappa shape index (κ2) is 7.17. The number of amides is 2. The molecule has 4 bridgehead atoms. The Labute approximate surface area is 159 Å². The van der Waals surface area contributed by atoms with Gasteiger partial charge in [-0.1, -0.05) is 6.92 Å². The number of esters is 1. The van der Waals surface area contributed by atoms with Crippen molar-refractivity contribution in [2.75, 3.05) is 13.7 Å². The van der Waals surface area contributed by atoms with Crippen LogP contribution in [0.2, 0.25) is 0 Å². The molecule has 4 aliphatic rings. The SMILES string of the molecule is CCCN(Cc1nc(C(=O)OC)co1)C(=O)NC12CC3CC(CC(C3)C1)C2. The molecule has 1 N–H and O–H groups in total. The largest absolute Gasteiger partial charge is 0.464 e. The zero-order chi connectivity index (χ0) is 19.0. The van der Waals surface area contributed by atoms with Crippen LogP contribution in [0, 0.1) is 17.8 Å². The van der Waals surface area contributed by atoms with Crippen LogP contribution in [-0.2, 0) is 11.3 Å². The molecule has 148 valence electrons. The third-order valence-corrected chi connectivity index (χ3v) is 6.46. The third kappa shape index (κ3) is 3.69. The van der Waals surface area contributed by atoms with E-state index in [-0.39, 0.29) is 23.8 Å². The molecule has 0 atom stereocenters. The van der Waals surface area contributed by atoms with E-state index in [4.69, 9.17) is 4.42 Å². The Kier molecular flexibility index (Phi) is 4.86. The van der Waals surface area contributed by atoms with Crippen LogP contribution in [0.5, 0.6) is 0 Å². The monoisotopic (exact) mass is 375 g/mol. The minimum Gasteiger partial charge on any atom is -0.464 e. The summed E-state index contributed by atoms with van der Waals surface area (Å²) in [6, 6.07) is -0.0448. The molecule has 1 heterocycles. The van der Waals surface area contributed by atoms with Gasteiger partial charge >= 0.3 is 12.0 Å². The molecule has 27 heavy (non-hydrogen) atoms. The van der Waals surface area contributed by atoms with Crippen LogP contribution >= 0.6 is 0 Å². The molecular formula is C20H29N3O4. The summed E-state index contributed by atoms with van der Waals surface area (Å²) < 4.78 is 10.0. The number of carbonyl (C=O) groups excluding carboxylic acids is 2. The number of hydrogen-bond donors (Lipinski definition) is 1. The second-order valence-corrected chi connectivity index (χ2v) is 8.67. The number of methoxy groups -OCH3 is 1. The molecule has 0 saturated heterocycles. The number of nitrogens with one attached hydrogen (secondary N) is 1. The smallest absolute Gasteiger partial charge is 0.360 e. The lowest BCUT2D eigenvalue weighted by Crippen LogP contribution is -2.61. The summed E-state index contributed by atoms with van der Waals surface area (Å²) in [4.78, 5) is 30.5. The molecule has 0 aliphatic heterocycles.